The second-order valence-corrected chi connectivity index (χ2v) is 6.77. The van der Waals surface area contributed by atoms with E-state index in [0.717, 1.165) is 11.1 Å². The van der Waals surface area contributed by atoms with Crippen molar-refractivity contribution in [2.24, 2.45) is 0 Å². The van der Waals surface area contributed by atoms with E-state index in [1.54, 1.807) is 11.1 Å². The van der Waals surface area contributed by atoms with Gasteiger partial charge in [0.2, 0.25) is 0 Å². The van der Waals surface area contributed by atoms with Crippen molar-refractivity contribution in [1.82, 2.24) is 4.90 Å². The monoisotopic (exact) mass is 305 g/mol. The molecule has 1 aromatic rings. The van der Waals surface area contributed by atoms with Crippen LogP contribution in [0.5, 0.6) is 0 Å². The van der Waals surface area contributed by atoms with Crippen molar-refractivity contribution in [2.45, 2.75) is 12.3 Å². The van der Waals surface area contributed by atoms with E-state index in [0.29, 0.717) is 18.5 Å². The van der Waals surface area contributed by atoms with Crippen LogP contribution in [0, 0.1) is 0 Å². The zero-order valence-corrected chi connectivity index (χ0v) is 12.1. The van der Waals surface area contributed by atoms with Crippen molar-refractivity contribution in [3.8, 4) is 0 Å². The fourth-order valence-corrected chi connectivity index (χ4v) is 3.27. The average Bonchev–Trinajstić information content (AvgIpc) is 2.72. The summed E-state index contributed by atoms with van der Waals surface area (Å²) in [5.74, 6) is -0.260. The first kappa shape index (κ1) is 14.0. The Morgan fingerprint density at radius 2 is 2.00 bits per heavy atom. The molecular weight excluding hydrogens is 290 g/mol. The second-order valence-electron chi connectivity index (χ2n) is 5.20. The number of rotatable bonds is 4. The summed E-state index contributed by atoms with van der Waals surface area (Å²) in [6, 6.07) is 7.55. The molecule has 2 aliphatic rings. The highest BCUT2D eigenvalue weighted by atomic mass is 32.2. The van der Waals surface area contributed by atoms with Gasteiger partial charge in [-0.3, -0.25) is 9.35 Å². The van der Waals surface area contributed by atoms with Crippen LogP contribution in [0.4, 0.5) is 0 Å². The van der Waals surface area contributed by atoms with E-state index in [4.69, 9.17) is 4.55 Å². The Hall–Kier alpha value is -1.92. The number of fused-ring (bicyclic) bond motifs is 3. The predicted octanol–water partition coefficient (Wildman–Crippen LogP) is 1.96. The summed E-state index contributed by atoms with van der Waals surface area (Å²) in [7, 11) is -3.94. The quantitative estimate of drug-likeness (QED) is 0.861. The topological polar surface area (TPSA) is 74.7 Å². The van der Waals surface area contributed by atoms with Crippen LogP contribution in [0.15, 0.2) is 48.3 Å². The molecule has 110 valence electrons. The molecule has 1 aliphatic heterocycles. The molecule has 1 atom stereocenters. The van der Waals surface area contributed by atoms with Crippen molar-refractivity contribution in [2.75, 3.05) is 12.3 Å². The van der Waals surface area contributed by atoms with Gasteiger partial charge in [0.25, 0.3) is 10.1 Å². The molecule has 0 amide bonds. The Morgan fingerprint density at radius 1 is 1.24 bits per heavy atom. The summed E-state index contributed by atoms with van der Waals surface area (Å²) in [6.07, 6.45) is 5.88. The van der Waals surface area contributed by atoms with Crippen LogP contribution in [-0.4, -0.2) is 36.0 Å². The lowest BCUT2D eigenvalue weighted by Crippen LogP contribution is -2.20. The van der Waals surface area contributed by atoms with E-state index in [-0.39, 0.29) is 17.5 Å². The number of hydrogen-bond donors (Lipinski definition) is 1. The number of carbonyl (C=O) groups excluding carboxylic acids is 1. The van der Waals surface area contributed by atoms with E-state index in [1.165, 1.54) is 0 Å². The van der Waals surface area contributed by atoms with E-state index >= 15 is 0 Å². The molecule has 1 aromatic carbocycles. The predicted molar refractivity (Wildman–Crippen MR) is 78.5 cm³/mol. The maximum atomic E-state index is 12.3. The molecule has 0 saturated heterocycles. The summed E-state index contributed by atoms with van der Waals surface area (Å²) >= 11 is 0. The highest BCUT2D eigenvalue weighted by Gasteiger charge is 2.34. The van der Waals surface area contributed by atoms with E-state index < -0.39 is 10.1 Å². The molecule has 0 aromatic heterocycles. The molecule has 0 radical (unpaired) electrons. The number of hydrogen-bond acceptors (Lipinski definition) is 4. The largest absolute Gasteiger partial charge is 0.354 e. The highest BCUT2D eigenvalue weighted by molar-refractivity contribution is 7.85. The molecule has 0 spiro atoms. The van der Waals surface area contributed by atoms with Crippen LogP contribution >= 0.6 is 0 Å². The standard InChI is InChI=1S/C15H15NO4S/c17-15-13-5-2-1-4-11(13)12-6-8-16(10-14(12)15)7-3-9-21(18,19)20/h1-2,4-6,8,10,12H,3,7,9H2,(H,18,19,20). The zero-order valence-electron chi connectivity index (χ0n) is 11.3. The number of allylic oxidation sites excluding steroid dienone is 2. The molecule has 5 nitrogen and oxygen atoms in total. The molecule has 1 N–H and O–H groups in total. The van der Waals surface area contributed by atoms with Gasteiger partial charge < -0.3 is 4.90 Å². The SMILES string of the molecule is O=C1C2=CN(CCCS(=O)(=O)O)C=CC2c2ccccc21. The summed E-state index contributed by atoms with van der Waals surface area (Å²) in [4.78, 5) is 14.1. The lowest BCUT2D eigenvalue weighted by atomic mass is 9.96. The minimum Gasteiger partial charge on any atom is -0.354 e. The Balaban J connectivity index is 1.76. The molecule has 1 unspecified atom stereocenters. The fourth-order valence-electron chi connectivity index (χ4n) is 2.77. The van der Waals surface area contributed by atoms with Gasteiger partial charge >= 0.3 is 0 Å². The molecule has 0 saturated carbocycles. The Kier molecular flexibility index (Phi) is 3.43. The van der Waals surface area contributed by atoms with Crippen molar-refractivity contribution >= 4 is 15.9 Å². The van der Waals surface area contributed by atoms with Crippen LogP contribution in [0.25, 0.3) is 0 Å². The third kappa shape index (κ3) is 2.77. The van der Waals surface area contributed by atoms with Gasteiger partial charge in [0.05, 0.1) is 5.75 Å². The minimum atomic E-state index is -3.94. The van der Waals surface area contributed by atoms with Gasteiger partial charge in [0.15, 0.2) is 5.78 Å². The molecular formula is C15H15NO4S. The van der Waals surface area contributed by atoms with E-state index in [9.17, 15) is 13.2 Å². The molecule has 0 bridgehead atoms. The summed E-state index contributed by atoms with van der Waals surface area (Å²) < 4.78 is 30.1. The lowest BCUT2D eigenvalue weighted by molar-refractivity contribution is 0.103. The van der Waals surface area contributed by atoms with Gasteiger partial charge in [0.1, 0.15) is 0 Å². The number of ketones is 1. The first-order chi connectivity index (χ1) is 9.96. The Labute approximate surface area is 123 Å². The van der Waals surface area contributed by atoms with Gasteiger partial charge in [-0.05, 0) is 12.0 Å². The number of benzene rings is 1. The van der Waals surface area contributed by atoms with Gasteiger partial charge in [-0.25, -0.2) is 0 Å². The molecule has 1 heterocycles. The summed E-state index contributed by atoms with van der Waals surface area (Å²) in [5, 5.41) is 0. The number of nitrogens with zero attached hydrogens (tertiary/aromatic N) is 1. The molecule has 1 aliphatic carbocycles. The van der Waals surface area contributed by atoms with Crippen molar-refractivity contribution in [3.05, 3.63) is 59.4 Å². The van der Waals surface area contributed by atoms with E-state index in [2.05, 4.69) is 0 Å². The molecule has 0 fully saturated rings. The van der Waals surface area contributed by atoms with Gasteiger partial charge in [-0.15, -0.1) is 0 Å². The van der Waals surface area contributed by atoms with Crippen LogP contribution in [0.1, 0.15) is 28.3 Å². The fraction of sp³-hybridized carbons (Fsp3) is 0.267. The van der Waals surface area contributed by atoms with Gasteiger partial charge in [0, 0.05) is 36.0 Å². The number of Topliss-reactive ketones (excluding diaryl/α,β-unsaturated/α-hetero) is 1. The minimum absolute atomic E-state index is 0.00785. The third-order valence-electron chi connectivity index (χ3n) is 3.73. The smallest absolute Gasteiger partial charge is 0.264 e. The molecule has 3 rings (SSSR count). The van der Waals surface area contributed by atoms with Crippen molar-refractivity contribution in [1.29, 1.82) is 0 Å². The third-order valence-corrected chi connectivity index (χ3v) is 4.54. The van der Waals surface area contributed by atoms with Crippen LogP contribution < -0.4 is 0 Å². The molecule has 21 heavy (non-hydrogen) atoms. The van der Waals surface area contributed by atoms with E-state index in [1.807, 2.05) is 36.5 Å². The first-order valence-electron chi connectivity index (χ1n) is 6.70. The Bertz CT molecular complexity index is 749. The van der Waals surface area contributed by atoms with Crippen molar-refractivity contribution in [3.63, 3.8) is 0 Å². The highest BCUT2D eigenvalue weighted by Crippen LogP contribution is 2.40. The maximum absolute atomic E-state index is 12.3. The summed E-state index contributed by atoms with van der Waals surface area (Å²) in [5.41, 5.74) is 2.46. The van der Waals surface area contributed by atoms with Gasteiger partial charge in [-0.1, -0.05) is 30.3 Å². The second kappa shape index (κ2) is 5.13. The maximum Gasteiger partial charge on any atom is 0.264 e. The lowest BCUT2D eigenvalue weighted by Gasteiger charge is -2.22. The van der Waals surface area contributed by atoms with Crippen LogP contribution in [0.3, 0.4) is 0 Å². The molecule has 6 heteroatoms. The summed E-state index contributed by atoms with van der Waals surface area (Å²) in [6.45, 7) is 0.441. The number of carbonyl (C=O) groups is 1. The van der Waals surface area contributed by atoms with Crippen LogP contribution in [0.2, 0.25) is 0 Å². The van der Waals surface area contributed by atoms with Crippen LogP contribution in [-0.2, 0) is 10.1 Å². The van der Waals surface area contributed by atoms with Gasteiger partial charge in [-0.2, -0.15) is 8.42 Å². The Morgan fingerprint density at radius 3 is 2.76 bits per heavy atom. The first-order valence-corrected chi connectivity index (χ1v) is 8.31. The average molecular weight is 305 g/mol. The van der Waals surface area contributed by atoms with Crippen molar-refractivity contribution < 1.29 is 17.8 Å². The normalized spacial score (nSPS) is 20.2. The zero-order chi connectivity index (χ0) is 15.0.